The molecule has 0 saturated heterocycles. The summed E-state index contributed by atoms with van der Waals surface area (Å²) in [5.41, 5.74) is 6.45. The molecule has 0 aromatic heterocycles. The highest BCUT2D eigenvalue weighted by Gasteiger charge is 1.81. The van der Waals surface area contributed by atoms with E-state index in [0.717, 1.165) is 5.57 Å². The SMILES string of the molecule is C=C/C=C\C(=C/C=C)CN. The van der Waals surface area contributed by atoms with E-state index in [-0.39, 0.29) is 0 Å². The Morgan fingerprint density at radius 2 is 2.00 bits per heavy atom. The van der Waals surface area contributed by atoms with Crippen LogP contribution in [-0.2, 0) is 0 Å². The fourth-order valence-electron chi connectivity index (χ4n) is 0.535. The molecule has 0 saturated carbocycles. The quantitative estimate of drug-likeness (QED) is 0.584. The highest BCUT2D eigenvalue weighted by Crippen LogP contribution is 1.93. The lowest BCUT2D eigenvalue weighted by atomic mass is 10.2. The summed E-state index contributed by atoms with van der Waals surface area (Å²) in [6.45, 7) is 7.65. The molecule has 2 N–H and O–H groups in total. The first kappa shape index (κ1) is 8.92. The lowest BCUT2D eigenvalue weighted by molar-refractivity contribution is 1.19. The van der Waals surface area contributed by atoms with Gasteiger partial charge in [-0.1, -0.05) is 43.5 Å². The van der Waals surface area contributed by atoms with Crippen molar-refractivity contribution in [3.8, 4) is 0 Å². The van der Waals surface area contributed by atoms with Gasteiger partial charge in [-0.2, -0.15) is 0 Å². The topological polar surface area (TPSA) is 26.0 Å². The second-order valence-electron chi connectivity index (χ2n) is 1.78. The molecule has 0 atom stereocenters. The molecule has 1 heteroatoms. The van der Waals surface area contributed by atoms with Crippen LogP contribution in [0.3, 0.4) is 0 Å². The van der Waals surface area contributed by atoms with Crippen molar-refractivity contribution >= 4 is 0 Å². The van der Waals surface area contributed by atoms with Crippen LogP contribution in [0.4, 0.5) is 0 Å². The van der Waals surface area contributed by atoms with Crippen LogP contribution in [0.5, 0.6) is 0 Å². The van der Waals surface area contributed by atoms with Gasteiger partial charge in [0, 0.05) is 6.54 Å². The summed E-state index contributed by atoms with van der Waals surface area (Å²) in [5, 5.41) is 0. The molecule has 0 aromatic carbocycles. The second kappa shape index (κ2) is 6.05. The Labute approximate surface area is 62.2 Å². The maximum Gasteiger partial charge on any atom is 0.0178 e. The summed E-state index contributed by atoms with van der Waals surface area (Å²) in [5.74, 6) is 0. The first-order chi connectivity index (χ1) is 4.85. The standard InChI is InChI=1S/C9H13N/c1-3-5-7-9(8-10)6-4-2/h3-7H,1-2,8,10H2/b7-5-,9-6+. The van der Waals surface area contributed by atoms with Crippen LogP contribution in [0.25, 0.3) is 0 Å². The van der Waals surface area contributed by atoms with Gasteiger partial charge in [0.05, 0.1) is 0 Å². The maximum absolute atomic E-state index is 5.40. The molecule has 0 heterocycles. The number of allylic oxidation sites excluding steroid dienone is 4. The first-order valence-electron chi connectivity index (χ1n) is 3.16. The maximum atomic E-state index is 5.40. The molecule has 0 rings (SSSR count). The van der Waals surface area contributed by atoms with Crippen LogP contribution in [0.1, 0.15) is 0 Å². The number of nitrogens with two attached hydrogens (primary N) is 1. The lowest BCUT2D eigenvalue weighted by Gasteiger charge is -1.91. The first-order valence-corrected chi connectivity index (χ1v) is 3.16. The third-order valence-electron chi connectivity index (χ3n) is 1.01. The van der Waals surface area contributed by atoms with Gasteiger partial charge in [0.1, 0.15) is 0 Å². The minimum Gasteiger partial charge on any atom is -0.326 e. The summed E-state index contributed by atoms with van der Waals surface area (Å²) in [6.07, 6.45) is 9.07. The summed E-state index contributed by atoms with van der Waals surface area (Å²) in [4.78, 5) is 0. The molecule has 0 unspecified atom stereocenters. The monoisotopic (exact) mass is 135 g/mol. The third-order valence-corrected chi connectivity index (χ3v) is 1.01. The van der Waals surface area contributed by atoms with E-state index in [1.807, 2.05) is 18.2 Å². The zero-order valence-corrected chi connectivity index (χ0v) is 6.09. The van der Waals surface area contributed by atoms with Crippen LogP contribution in [0, 0.1) is 0 Å². The fourth-order valence-corrected chi connectivity index (χ4v) is 0.535. The average molecular weight is 135 g/mol. The van der Waals surface area contributed by atoms with Gasteiger partial charge >= 0.3 is 0 Å². The van der Waals surface area contributed by atoms with Gasteiger partial charge in [0.15, 0.2) is 0 Å². The van der Waals surface area contributed by atoms with Crippen molar-refractivity contribution in [1.29, 1.82) is 0 Å². The molecule has 0 spiro atoms. The van der Waals surface area contributed by atoms with Crippen molar-refractivity contribution in [2.75, 3.05) is 6.54 Å². The Morgan fingerprint density at radius 3 is 2.40 bits per heavy atom. The van der Waals surface area contributed by atoms with Crippen molar-refractivity contribution in [2.24, 2.45) is 5.73 Å². The zero-order chi connectivity index (χ0) is 7.82. The van der Waals surface area contributed by atoms with E-state index in [1.54, 1.807) is 12.2 Å². The molecular formula is C9H13N. The van der Waals surface area contributed by atoms with Gasteiger partial charge in [0.2, 0.25) is 0 Å². The molecule has 0 fully saturated rings. The van der Waals surface area contributed by atoms with Crippen molar-refractivity contribution in [2.45, 2.75) is 0 Å². The second-order valence-corrected chi connectivity index (χ2v) is 1.78. The highest BCUT2D eigenvalue weighted by molar-refractivity contribution is 5.25. The van der Waals surface area contributed by atoms with Crippen molar-refractivity contribution in [1.82, 2.24) is 0 Å². The van der Waals surface area contributed by atoms with E-state index < -0.39 is 0 Å². The third kappa shape index (κ3) is 3.87. The number of rotatable bonds is 4. The molecule has 0 aliphatic rings. The Bertz CT molecular complexity index is 164. The van der Waals surface area contributed by atoms with Gasteiger partial charge in [0.25, 0.3) is 0 Å². The minimum atomic E-state index is 0.538. The molecule has 1 nitrogen and oxygen atoms in total. The van der Waals surface area contributed by atoms with Gasteiger partial charge < -0.3 is 5.73 Å². The van der Waals surface area contributed by atoms with Crippen molar-refractivity contribution in [3.05, 3.63) is 49.1 Å². The van der Waals surface area contributed by atoms with E-state index >= 15 is 0 Å². The van der Waals surface area contributed by atoms with Crippen LogP contribution < -0.4 is 5.73 Å². The normalized spacial score (nSPS) is 11.9. The van der Waals surface area contributed by atoms with Crippen LogP contribution in [0.2, 0.25) is 0 Å². The molecule has 54 valence electrons. The summed E-state index contributed by atoms with van der Waals surface area (Å²) in [7, 11) is 0. The van der Waals surface area contributed by atoms with E-state index in [4.69, 9.17) is 5.73 Å². The van der Waals surface area contributed by atoms with E-state index in [1.165, 1.54) is 0 Å². The van der Waals surface area contributed by atoms with Gasteiger partial charge in [-0.25, -0.2) is 0 Å². The molecule has 0 bridgehead atoms. The zero-order valence-electron chi connectivity index (χ0n) is 6.09. The van der Waals surface area contributed by atoms with Crippen LogP contribution in [-0.4, -0.2) is 6.54 Å². The van der Waals surface area contributed by atoms with E-state index in [2.05, 4.69) is 13.2 Å². The Hall–Kier alpha value is -1.08. The van der Waals surface area contributed by atoms with E-state index in [0.29, 0.717) is 6.54 Å². The molecular weight excluding hydrogens is 122 g/mol. The van der Waals surface area contributed by atoms with E-state index in [9.17, 15) is 0 Å². The molecule has 0 aromatic rings. The summed E-state index contributed by atoms with van der Waals surface area (Å²) < 4.78 is 0. The minimum absolute atomic E-state index is 0.538. The summed E-state index contributed by atoms with van der Waals surface area (Å²) >= 11 is 0. The average Bonchev–Trinajstić information content (AvgIpc) is 1.98. The Kier molecular flexibility index (Phi) is 5.39. The smallest absolute Gasteiger partial charge is 0.0178 e. The lowest BCUT2D eigenvalue weighted by Crippen LogP contribution is -1.99. The predicted octanol–water partition coefficient (Wildman–Crippen LogP) is 1.80. The fraction of sp³-hybridized carbons (Fsp3) is 0.111. The molecule has 0 aliphatic carbocycles. The molecule has 0 aliphatic heterocycles. The Balaban J connectivity index is 4.06. The molecule has 10 heavy (non-hydrogen) atoms. The molecule has 0 amide bonds. The van der Waals surface area contributed by atoms with Crippen molar-refractivity contribution in [3.63, 3.8) is 0 Å². The van der Waals surface area contributed by atoms with Crippen molar-refractivity contribution < 1.29 is 0 Å². The van der Waals surface area contributed by atoms with Crippen LogP contribution in [0.15, 0.2) is 49.1 Å². The number of hydrogen-bond acceptors (Lipinski definition) is 1. The summed E-state index contributed by atoms with van der Waals surface area (Å²) in [6, 6.07) is 0. The Morgan fingerprint density at radius 1 is 1.30 bits per heavy atom. The predicted molar refractivity (Wildman–Crippen MR) is 46.7 cm³/mol. The van der Waals surface area contributed by atoms with Gasteiger partial charge in [-0.05, 0) is 5.57 Å². The number of hydrogen-bond donors (Lipinski definition) is 1. The van der Waals surface area contributed by atoms with Gasteiger partial charge in [-0.3, -0.25) is 0 Å². The van der Waals surface area contributed by atoms with Crippen LogP contribution >= 0.6 is 0 Å². The highest BCUT2D eigenvalue weighted by atomic mass is 14.5. The largest absolute Gasteiger partial charge is 0.326 e. The molecule has 0 radical (unpaired) electrons. The van der Waals surface area contributed by atoms with Gasteiger partial charge in [-0.15, -0.1) is 0 Å².